The minimum absolute atomic E-state index is 0.257. The number of benzene rings is 11. The number of nitrogens with zero attached hydrogens (tertiary/aromatic N) is 2. The number of rotatable bonds is 11. The number of hydrogen-bond donors (Lipinski definition) is 1. The highest BCUT2D eigenvalue weighted by Gasteiger charge is 2.32. The van der Waals surface area contributed by atoms with Gasteiger partial charge in [0.25, 0.3) is 0 Å². The molecule has 82 heavy (non-hydrogen) atoms. The van der Waals surface area contributed by atoms with Gasteiger partial charge in [0.15, 0.2) is 5.58 Å². The quantitative estimate of drug-likeness (QED) is 0.131. The van der Waals surface area contributed by atoms with E-state index in [1.54, 1.807) is 0 Å². The smallest absolute Gasteiger partial charge is 0.159 e. The van der Waals surface area contributed by atoms with E-state index in [1.165, 1.54) is 110 Å². The van der Waals surface area contributed by atoms with E-state index in [-0.39, 0.29) is 5.75 Å². The van der Waals surface area contributed by atoms with Gasteiger partial charge in [0.1, 0.15) is 11.3 Å². The Kier molecular flexibility index (Phi) is 12.4. The molecule has 0 spiro atoms. The van der Waals surface area contributed by atoms with E-state index >= 15 is 0 Å². The van der Waals surface area contributed by atoms with Crippen LogP contribution >= 0.6 is 0 Å². The zero-order valence-electron chi connectivity index (χ0n) is 47.5. The summed E-state index contributed by atoms with van der Waals surface area (Å²) in [4.78, 5) is 4.90. The van der Waals surface area contributed by atoms with Gasteiger partial charge in [-0.05, 0) is 204 Å². The van der Waals surface area contributed by atoms with Crippen LogP contribution in [-0.4, -0.2) is 5.11 Å². The number of para-hydroxylation sites is 3. The molecule has 4 heteroatoms. The van der Waals surface area contributed by atoms with Crippen molar-refractivity contribution >= 4 is 94.0 Å². The second-order valence-electron chi connectivity index (χ2n) is 24.0. The fraction of sp³-hybridized carbons (Fsp3) is 0.205. The molecule has 0 bridgehead atoms. The second-order valence-corrected chi connectivity index (χ2v) is 24.0. The summed E-state index contributed by atoms with van der Waals surface area (Å²) in [7, 11) is 0. The van der Waals surface area contributed by atoms with Crippen LogP contribution in [0.15, 0.2) is 210 Å². The third-order valence-electron chi connectivity index (χ3n) is 18.9. The Bertz CT molecular complexity index is 4560. The van der Waals surface area contributed by atoms with Gasteiger partial charge in [0.2, 0.25) is 0 Å². The summed E-state index contributed by atoms with van der Waals surface area (Å²) in [6.45, 7) is 8.82. The first-order valence-electron chi connectivity index (χ1n) is 30.1. The largest absolute Gasteiger partial charge is 0.505 e. The molecule has 1 heterocycles. The maximum absolute atomic E-state index is 13.1. The Balaban J connectivity index is 1.01. The lowest BCUT2D eigenvalue weighted by atomic mass is 9.82. The summed E-state index contributed by atoms with van der Waals surface area (Å²) in [6.07, 6.45) is 16.3. The number of anilines is 6. The standard InChI is InChI=1S/C78H68N2O2/c1-48-19-13-29-56(43-48)79(70-37-17-33-60(76(70)81)55-28-15-27-54(45-55)58-31-11-5-21-50(58)3)72-46-68(52-23-7-8-24-52)61-40-42-67-73(47-69(53-25-9-10-26-53)62-39-41-66(72)74(61)75(62)67)80(57-30-14-20-49(2)44-57)71-38-18-36-65-64-35-16-34-63(77(64)82-78(65)71)59-32-12-6-22-51(59)4/h5,11-21,27-47,52-53,81H,6-10,22-26H2,1-4H3. The molecule has 0 aliphatic heterocycles. The maximum atomic E-state index is 13.1. The van der Waals surface area contributed by atoms with Crippen molar-refractivity contribution in [3.05, 3.63) is 239 Å². The average molecular weight is 1070 g/mol. The van der Waals surface area contributed by atoms with Crippen molar-refractivity contribution in [2.75, 3.05) is 9.80 Å². The van der Waals surface area contributed by atoms with Gasteiger partial charge in [-0.1, -0.05) is 177 Å². The molecular weight excluding hydrogens is 997 g/mol. The van der Waals surface area contributed by atoms with E-state index in [1.807, 2.05) is 0 Å². The van der Waals surface area contributed by atoms with Crippen LogP contribution in [0.2, 0.25) is 0 Å². The fourth-order valence-electron chi connectivity index (χ4n) is 14.9. The first-order valence-corrected chi connectivity index (χ1v) is 30.1. The topological polar surface area (TPSA) is 39.9 Å². The molecule has 0 unspecified atom stereocenters. The number of phenolic OH excluding ortho intramolecular Hbond substituents is 1. The highest BCUT2D eigenvalue weighted by atomic mass is 16.3. The van der Waals surface area contributed by atoms with Crippen molar-refractivity contribution in [2.24, 2.45) is 0 Å². The Morgan fingerprint density at radius 2 is 0.939 bits per heavy atom. The van der Waals surface area contributed by atoms with Gasteiger partial charge in [0.05, 0.1) is 22.7 Å². The van der Waals surface area contributed by atoms with E-state index in [4.69, 9.17) is 4.42 Å². The zero-order valence-corrected chi connectivity index (χ0v) is 47.5. The lowest BCUT2D eigenvalue weighted by Crippen LogP contribution is -2.14. The van der Waals surface area contributed by atoms with Crippen LogP contribution in [0, 0.1) is 20.8 Å². The van der Waals surface area contributed by atoms with Gasteiger partial charge >= 0.3 is 0 Å². The van der Waals surface area contributed by atoms with Crippen molar-refractivity contribution in [1.82, 2.24) is 0 Å². The van der Waals surface area contributed by atoms with Crippen LogP contribution in [0.3, 0.4) is 0 Å². The lowest BCUT2D eigenvalue weighted by Gasteiger charge is -2.32. The van der Waals surface area contributed by atoms with Gasteiger partial charge in [-0.25, -0.2) is 0 Å². The molecule has 3 aliphatic carbocycles. The average Bonchev–Trinajstić information content (AvgIpc) is 4.38. The van der Waals surface area contributed by atoms with Crippen molar-refractivity contribution < 1.29 is 9.52 Å². The monoisotopic (exact) mass is 1060 g/mol. The third-order valence-corrected chi connectivity index (χ3v) is 18.9. The van der Waals surface area contributed by atoms with Crippen molar-refractivity contribution in [1.29, 1.82) is 0 Å². The van der Waals surface area contributed by atoms with Crippen LogP contribution in [0.25, 0.3) is 82.1 Å². The van der Waals surface area contributed by atoms with Crippen LogP contribution in [0.4, 0.5) is 34.1 Å². The molecule has 1 N–H and O–H groups in total. The van der Waals surface area contributed by atoms with Crippen LogP contribution in [-0.2, 0) is 0 Å². The summed E-state index contributed by atoms with van der Waals surface area (Å²) >= 11 is 0. The lowest BCUT2D eigenvalue weighted by molar-refractivity contribution is 0.478. The van der Waals surface area contributed by atoms with Crippen LogP contribution in [0.1, 0.15) is 116 Å². The summed E-state index contributed by atoms with van der Waals surface area (Å²) in [6, 6.07) is 69.7. The number of allylic oxidation sites excluding steroid dienone is 4. The molecular formula is C78H68N2O2. The van der Waals surface area contributed by atoms with Gasteiger partial charge in [0, 0.05) is 44.0 Å². The van der Waals surface area contributed by atoms with Crippen molar-refractivity contribution in [3.63, 3.8) is 0 Å². The normalized spacial score (nSPS) is 15.2. The summed E-state index contributed by atoms with van der Waals surface area (Å²) < 4.78 is 7.37. The minimum Gasteiger partial charge on any atom is -0.505 e. The number of hydrogen-bond acceptors (Lipinski definition) is 4. The summed E-state index contributed by atoms with van der Waals surface area (Å²) in [5, 5.41) is 23.0. The van der Waals surface area contributed by atoms with Gasteiger partial charge in [-0.15, -0.1) is 0 Å². The predicted octanol–water partition coefficient (Wildman–Crippen LogP) is 22.8. The number of furan rings is 1. The first-order chi connectivity index (χ1) is 40.3. The van der Waals surface area contributed by atoms with Crippen LogP contribution < -0.4 is 9.80 Å². The molecule has 402 valence electrons. The van der Waals surface area contributed by atoms with E-state index in [0.717, 1.165) is 110 Å². The number of fused-ring (bicyclic) bond motifs is 3. The molecule has 12 aromatic rings. The third kappa shape index (κ3) is 8.32. The molecule has 2 saturated carbocycles. The highest BCUT2D eigenvalue weighted by Crippen LogP contribution is 2.56. The zero-order chi connectivity index (χ0) is 55.2. The number of phenols is 1. The molecule has 2 fully saturated rings. The van der Waals surface area contributed by atoms with E-state index < -0.39 is 0 Å². The predicted molar refractivity (Wildman–Crippen MR) is 347 cm³/mol. The van der Waals surface area contributed by atoms with E-state index in [9.17, 15) is 5.11 Å². The molecule has 0 saturated heterocycles. The van der Waals surface area contributed by atoms with E-state index in [0.29, 0.717) is 11.8 Å². The Labute approximate surface area is 481 Å². The SMILES string of the molecule is CC1=C(c2cccc3c2oc2c(N(c4cccc(C)c4)c4cc(C5CCCC5)c5ccc6c(N(c7cccc(C)c7)c7cccc(-c8cccc(-c9ccccc9C)c8)c7O)cc(C7CCCC7)c7ccc4c5c76)cccc23)C=CCC1. The summed E-state index contributed by atoms with van der Waals surface area (Å²) in [5.74, 6) is 1.09. The molecule has 4 nitrogen and oxygen atoms in total. The Hall–Kier alpha value is -8.86. The molecule has 1 aromatic heterocycles. The molecule has 15 rings (SSSR count). The fourth-order valence-corrected chi connectivity index (χ4v) is 14.9. The van der Waals surface area contributed by atoms with Crippen LogP contribution in [0.5, 0.6) is 5.75 Å². The molecule has 11 aromatic carbocycles. The number of aryl methyl sites for hydroxylation is 3. The Morgan fingerprint density at radius 3 is 1.56 bits per heavy atom. The van der Waals surface area contributed by atoms with Gasteiger partial charge in [-0.2, -0.15) is 0 Å². The second kappa shape index (κ2) is 20.3. The van der Waals surface area contributed by atoms with Gasteiger partial charge < -0.3 is 19.3 Å². The highest BCUT2D eigenvalue weighted by molar-refractivity contribution is 6.30. The van der Waals surface area contributed by atoms with Gasteiger partial charge in [-0.3, -0.25) is 0 Å². The summed E-state index contributed by atoms with van der Waals surface area (Å²) in [5.41, 5.74) is 22.3. The minimum atomic E-state index is 0.257. The van der Waals surface area contributed by atoms with Crippen molar-refractivity contribution in [3.8, 4) is 28.0 Å². The molecule has 0 amide bonds. The molecule has 3 aliphatic rings. The first kappa shape index (κ1) is 50.1. The molecule has 0 radical (unpaired) electrons. The Morgan fingerprint density at radius 1 is 0.427 bits per heavy atom. The van der Waals surface area contributed by atoms with E-state index in [2.05, 4.69) is 238 Å². The molecule has 0 atom stereocenters. The van der Waals surface area contributed by atoms with Crippen molar-refractivity contribution in [2.45, 2.75) is 104 Å². The number of aromatic hydroxyl groups is 1. The maximum Gasteiger partial charge on any atom is 0.159 e.